The summed E-state index contributed by atoms with van der Waals surface area (Å²) >= 11 is 0. The van der Waals surface area contributed by atoms with E-state index in [9.17, 15) is 9.59 Å². The van der Waals surface area contributed by atoms with Gasteiger partial charge in [-0.2, -0.15) is 5.10 Å². The van der Waals surface area contributed by atoms with Crippen molar-refractivity contribution in [2.45, 2.75) is 46.0 Å². The van der Waals surface area contributed by atoms with E-state index in [0.29, 0.717) is 28.6 Å². The van der Waals surface area contributed by atoms with E-state index >= 15 is 0 Å². The van der Waals surface area contributed by atoms with Crippen LogP contribution < -0.4 is 10.9 Å². The van der Waals surface area contributed by atoms with Crippen molar-refractivity contribution in [1.29, 1.82) is 0 Å². The Labute approximate surface area is 134 Å². The molecule has 1 amide bonds. The first-order chi connectivity index (χ1) is 10.9. The number of anilines is 1. The molecular formula is C17H21N3O3. The van der Waals surface area contributed by atoms with Crippen molar-refractivity contribution in [3.8, 4) is 0 Å². The predicted molar refractivity (Wildman–Crippen MR) is 86.9 cm³/mol. The summed E-state index contributed by atoms with van der Waals surface area (Å²) in [6.07, 6.45) is 3.25. The molecule has 0 unspecified atom stereocenters. The van der Waals surface area contributed by atoms with Gasteiger partial charge in [-0.15, -0.1) is 0 Å². The van der Waals surface area contributed by atoms with Crippen LogP contribution in [0.2, 0.25) is 0 Å². The highest BCUT2D eigenvalue weighted by Crippen LogP contribution is 2.36. The van der Waals surface area contributed by atoms with Crippen molar-refractivity contribution in [3.63, 3.8) is 0 Å². The van der Waals surface area contributed by atoms with Gasteiger partial charge in [-0.05, 0) is 45.2 Å². The summed E-state index contributed by atoms with van der Waals surface area (Å²) in [6, 6.07) is 1.82. The SMILES string of the molecule is Cc1cc(C2CCC2)oc(=O)c1C(=O)Nc1c(C)nn(C)c1C. The summed E-state index contributed by atoms with van der Waals surface area (Å²) < 4.78 is 7.07. The largest absolute Gasteiger partial charge is 0.427 e. The normalized spacial score (nSPS) is 14.6. The minimum absolute atomic E-state index is 0.0655. The highest BCUT2D eigenvalue weighted by Gasteiger charge is 2.25. The van der Waals surface area contributed by atoms with Crippen LogP contribution in [0.3, 0.4) is 0 Å². The summed E-state index contributed by atoms with van der Waals surface area (Å²) in [5, 5.41) is 7.05. The zero-order valence-corrected chi connectivity index (χ0v) is 13.9. The molecule has 0 radical (unpaired) electrons. The molecular weight excluding hydrogens is 294 g/mol. The highest BCUT2D eigenvalue weighted by atomic mass is 16.4. The number of rotatable bonds is 3. The van der Waals surface area contributed by atoms with Crippen LogP contribution in [0.1, 0.15) is 58.2 Å². The predicted octanol–water partition coefficient (Wildman–Crippen LogP) is 2.82. The standard InChI is InChI=1S/C17H21N3O3/c1-9-8-13(12-6-5-7-12)23-17(22)14(9)16(21)18-15-10(2)19-20(4)11(15)3/h8,12H,5-7H2,1-4H3,(H,18,21). The van der Waals surface area contributed by atoms with Crippen LogP contribution in [0.15, 0.2) is 15.3 Å². The molecule has 2 heterocycles. The number of carbonyl (C=O) groups is 1. The van der Waals surface area contributed by atoms with E-state index in [1.165, 1.54) is 0 Å². The van der Waals surface area contributed by atoms with Gasteiger partial charge in [-0.25, -0.2) is 4.79 Å². The Hall–Kier alpha value is -2.37. The molecule has 3 rings (SSSR count). The molecule has 0 atom stereocenters. The first-order valence-corrected chi connectivity index (χ1v) is 7.84. The van der Waals surface area contributed by atoms with E-state index in [4.69, 9.17) is 4.42 Å². The van der Waals surface area contributed by atoms with E-state index < -0.39 is 11.5 Å². The lowest BCUT2D eigenvalue weighted by Crippen LogP contribution is -2.24. The second-order valence-corrected chi connectivity index (χ2v) is 6.25. The Morgan fingerprint density at radius 2 is 2.04 bits per heavy atom. The molecule has 0 saturated heterocycles. The molecule has 1 saturated carbocycles. The topological polar surface area (TPSA) is 77.1 Å². The van der Waals surface area contributed by atoms with Gasteiger partial charge in [-0.3, -0.25) is 9.48 Å². The minimum atomic E-state index is -0.566. The summed E-state index contributed by atoms with van der Waals surface area (Å²) in [4.78, 5) is 24.8. The maximum absolute atomic E-state index is 12.5. The van der Waals surface area contributed by atoms with Crippen molar-refractivity contribution in [2.24, 2.45) is 7.05 Å². The third-order valence-electron chi connectivity index (χ3n) is 4.65. The summed E-state index contributed by atoms with van der Waals surface area (Å²) in [5.41, 5.74) is 2.34. The summed E-state index contributed by atoms with van der Waals surface area (Å²) in [6.45, 7) is 5.46. The number of hydrogen-bond donors (Lipinski definition) is 1. The van der Waals surface area contributed by atoms with E-state index in [2.05, 4.69) is 10.4 Å². The molecule has 1 N–H and O–H groups in total. The summed E-state index contributed by atoms with van der Waals surface area (Å²) in [7, 11) is 1.81. The van der Waals surface area contributed by atoms with Gasteiger partial charge in [-0.1, -0.05) is 6.42 Å². The van der Waals surface area contributed by atoms with Gasteiger partial charge in [0.1, 0.15) is 11.3 Å². The lowest BCUT2D eigenvalue weighted by Gasteiger charge is -2.24. The molecule has 6 nitrogen and oxygen atoms in total. The Bertz CT molecular complexity index is 828. The number of nitrogens with zero attached hydrogens (tertiary/aromatic N) is 2. The van der Waals surface area contributed by atoms with Crippen molar-refractivity contribution in [1.82, 2.24) is 9.78 Å². The molecule has 1 fully saturated rings. The molecule has 2 aromatic rings. The van der Waals surface area contributed by atoms with Crippen molar-refractivity contribution in [3.05, 3.63) is 44.8 Å². The molecule has 23 heavy (non-hydrogen) atoms. The van der Waals surface area contributed by atoms with E-state index in [1.807, 2.05) is 27.0 Å². The molecule has 0 aromatic carbocycles. The number of aromatic nitrogens is 2. The van der Waals surface area contributed by atoms with Crippen molar-refractivity contribution < 1.29 is 9.21 Å². The lowest BCUT2D eigenvalue weighted by molar-refractivity contribution is 0.102. The van der Waals surface area contributed by atoms with Gasteiger partial charge >= 0.3 is 5.63 Å². The van der Waals surface area contributed by atoms with Gasteiger partial charge in [0.15, 0.2) is 0 Å². The quantitative estimate of drug-likeness (QED) is 0.945. The average Bonchev–Trinajstić information content (AvgIpc) is 2.62. The number of carbonyl (C=O) groups excluding carboxylic acids is 1. The number of aryl methyl sites for hydroxylation is 3. The molecule has 1 aliphatic rings. The number of hydrogen-bond acceptors (Lipinski definition) is 4. The van der Waals surface area contributed by atoms with Crippen LogP contribution in [0.25, 0.3) is 0 Å². The minimum Gasteiger partial charge on any atom is -0.427 e. The first kappa shape index (κ1) is 15.5. The molecule has 1 aliphatic carbocycles. The number of nitrogens with one attached hydrogen (secondary N) is 1. The van der Waals surface area contributed by atoms with Crippen LogP contribution in [-0.2, 0) is 7.05 Å². The molecule has 0 spiro atoms. The Kier molecular flexibility index (Phi) is 3.83. The third-order valence-corrected chi connectivity index (χ3v) is 4.65. The van der Waals surface area contributed by atoms with Gasteiger partial charge in [0.05, 0.1) is 17.1 Å². The third kappa shape index (κ3) is 2.69. The van der Waals surface area contributed by atoms with Gasteiger partial charge in [0, 0.05) is 13.0 Å². The maximum atomic E-state index is 12.5. The maximum Gasteiger partial charge on any atom is 0.349 e. The first-order valence-electron chi connectivity index (χ1n) is 7.84. The van der Waals surface area contributed by atoms with E-state index in [0.717, 1.165) is 25.0 Å². The molecule has 6 heteroatoms. The van der Waals surface area contributed by atoms with Crippen LogP contribution in [0, 0.1) is 20.8 Å². The van der Waals surface area contributed by atoms with Gasteiger partial charge in [0.2, 0.25) is 0 Å². The van der Waals surface area contributed by atoms with Crippen molar-refractivity contribution in [2.75, 3.05) is 5.32 Å². The van der Waals surface area contributed by atoms with E-state index in [1.54, 1.807) is 11.6 Å². The zero-order valence-electron chi connectivity index (χ0n) is 13.9. The zero-order chi connectivity index (χ0) is 16.7. The molecule has 2 aromatic heterocycles. The Morgan fingerprint density at radius 1 is 1.35 bits per heavy atom. The Balaban J connectivity index is 1.92. The molecule has 122 valence electrons. The number of amides is 1. The smallest absolute Gasteiger partial charge is 0.349 e. The fourth-order valence-corrected chi connectivity index (χ4v) is 2.93. The molecule has 0 aliphatic heterocycles. The summed E-state index contributed by atoms with van der Waals surface area (Å²) in [5.74, 6) is 0.570. The second kappa shape index (κ2) is 5.68. The molecule has 0 bridgehead atoms. The average molecular weight is 315 g/mol. The van der Waals surface area contributed by atoms with Crippen LogP contribution in [-0.4, -0.2) is 15.7 Å². The lowest BCUT2D eigenvalue weighted by atomic mass is 9.83. The monoisotopic (exact) mass is 315 g/mol. The van der Waals surface area contributed by atoms with Gasteiger partial charge < -0.3 is 9.73 Å². The van der Waals surface area contributed by atoms with Crippen LogP contribution >= 0.6 is 0 Å². The second-order valence-electron chi connectivity index (χ2n) is 6.25. The van der Waals surface area contributed by atoms with E-state index in [-0.39, 0.29) is 5.56 Å². The fourth-order valence-electron chi connectivity index (χ4n) is 2.93. The van der Waals surface area contributed by atoms with Gasteiger partial charge in [0.25, 0.3) is 5.91 Å². The van der Waals surface area contributed by atoms with Crippen molar-refractivity contribution >= 4 is 11.6 Å². The van der Waals surface area contributed by atoms with Crippen LogP contribution in [0.4, 0.5) is 5.69 Å². The Morgan fingerprint density at radius 3 is 2.52 bits per heavy atom. The van der Waals surface area contributed by atoms with Crippen LogP contribution in [0.5, 0.6) is 0 Å². The fraction of sp³-hybridized carbons (Fsp3) is 0.471. The highest BCUT2D eigenvalue weighted by molar-refractivity contribution is 6.05.